The van der Waals surface area contributed by atoms with E-state index in [4.69, 9.17) is 10.5 Å². The van der Waals surface area contributed by atoms with Crippen LogP contribution in [0.3, 0.4) is 0 Å². The average molecular weight is 212 g/mol. The molecule has 2 rings (SSSR count). The molecule has 0 radical (unpaired) electrons. The van der Waals surface area contributed by atoms with E-state index in [1.807, 2.05) is 5.51 Å². The standard InChI is InChI=1S/C10H16N2OS/c1-8-9(14-7-12-8)2-3-10(11)4-5-13-6-10/h7H,2-6,11H2,1H3. The van der Waals surface area contributed by atoms with E-state index in [1.54, 1.807) is 11.3 Å². The number of thiazole rings is 1. The fraction of sp³-hybridized carbons (Fsp3) is 0.700. The van der Waals surface area contributed by atoms with Gasteiger partial charge in [0.25, 0.3) is 0 Å². The van der Waals surface area contributed by atoms with Crippen LogP contribution in [-0.2, 0) is 11.2 Å². The van der Waals surface area contributed by atoms with Crippen LogP contribution in [0.5, 0.6) is 0 Å². The maximum Gasteiger partial charge on any atom is 0.0797 e. The summed E-state index contributed by atoms with van der Waals surface area (Å²) in [7, 11) is 0. The Kier molecular flexibility index (Phi) is 2.85. The Bertz CT molecular complexity index is 305. The Balaban J connectivity index is 1.91. The van der Waals surface area contributed by atoms with Crippen LogP contribution < -0.4 is 5.73 Å². The van der Waals surface area contributed by atoms with Crippen molar-refractivity contribution in [2.75, 3.05) is 13.2 Å². The van der Waals surface area contributed by atoms with Crippen molar-refractivity contribution < 1.29 is 4.74 Å². The Morgan fingerprint density at radius 3 is 3.14 bits per heavy atom. The number of aromatic nitrogens is 1. The van der Waals surface area contributed by atoms with Crippen LogP contribution in [0.25, 0.3) is 0 Å². The first-order valence-corrected chi connectivity index (χ1v) is 5.83. The smallest absolute Gasteiger partial charge is 0.0797 e. The van der Waals surface area contributed by atoms with E-state index in [0.717, 1.165) is 31.6 Å². The van der Waals surface area contributed by atoms with E-state index in [1.165, 1.54) is 4.88 Å². The first-order valence-electron chi connectivity index (χ1n) is 4.95. The monoisotopic (exact) mass is 212 g/mol. The summed E-state index contributed by atoms with van der Waals surface area (Å²) in [5.74, 6) is 0. The van der Waals surface area contributed by atoms with E-state index >= 15 is 0 Å². The molecule has 1 aromatic rings. The minimum atomic E-state index is -0.0869. The summed E-state index contributed by atoms with van der Waals surface area (Å²) in [6, 6.07) is 0. The zero-order valence-corrected chi connectivity index (χ0v) is 9.27. The topological polar surface area (TPSA) is 48.1 Å². The van der Waals surface area contributed by atoms with Crippen molar-refractivity contribution in [2.24, 2.45) is 5.73 Å². The lowest BCUT2D eigenvalue weighted by Crippen LogP contribution is -2.40. The van der Waals surface area contributed by atoms with E-state index in [2.05, 4.69) is 11.9 Å². The third kappa shape index (κ3) is 2.13. The maximum atomic E-state index is 6.18. The molecule has 1 fully saturated rings. The van der Waals surface area contributed by atoms with Gasteiger partial charge in [0.15, 0.2) is 0 Å². The molecule has 2 N–H and O–H groups in total. The van der Waals surface area contributed by atoms with Crippen molar-refractivity contribution in [1.29, 1.82) is 0 Å². The average Bonchev–Trinajstić information content (AvgIpc) is 2.73. The van der Waals surface area contributed by atoms with Gasteiger partial charge in [0.1, 0.15) is 0 Å². The highest BCUT2D eigenvalue weighted by molar-refractivity contribution is 7.09. The van der Waals surface area contributed by atoms with Crippen molar-refractivity contribution in [2.45, 2.75) is 31.7 Å². The fourth-order valence-corrected chi connectivity index (χ4v) is 2.53. The van der Waals surface area contributed by atoms with Gasteiger partial charge in [-0.15, -0.1) is 11.3 Å². The second kappa shape index (κ2) is 3.96. The molecule has 1 aromatic heterocycles. The van der Waals surface area contributed by atoms with E-state index in [0.29, 0.717) is 6.61 Å². The van der Waals surface area contributed by atoms with Gasteiger partial charge < -0.3 is 10.5 Å². The lowest BCUT2D eigenvalue weighted by molar-refractivity contribution is 0.176. The minimum absolute atomic E-state index is 0.0869. The Labute approximate surface area is 88.3 Å². The van der Waals surface area contributed by atoms with E-state index < -0.39 is 0 Å². The van der Waals surface area contributed by atoms with Crippen molar-refractivity contribution in [1.82, 2.24) is 4.98 Å². The molecule has 1 saturated heterocycles. The fourth-order valence-electron chi connectivity index (χ4n) is 1.75. The highest BCUT2D eigenvalue weighted by Crippen LogP contribution is 2.23. The van der Waals surface area contributed by atoms with Crippen LogP contribution in [0.15, 0.2) is 5.51 Å². The van der Waals surface area contributed by atoms with E-state index in [9.17, 15) is 0 Å². The predicted octanol–water partition coefficient (Wildman–Crippen LogP) is 1.50. The second-order valence-electron chi connectivity index (χ2n) is 4.03. The zero-order valence-electron chi connectivity index (χ0n) is 8.45. The highest BCUT2D eigenvalue weighted by Gasteiger charge is 2.30. The summed E-state index contributed by atoms with van der Waals surface area (Å²) in [6.45, 7) is 3.59. The number of nitrogens with zero attached hydrogens (tertiary/aromatic N) is 1. The van der Waals surface area contributed by atoms with Gasteiger partial charge in [-0.1, -0.05) is 0 Å². The first kappa shape index (κ1) is 10.1. The van der Waals surface area contributed by atoms with Crippen LogP contribution >= 0.6 is 11.3 Å². The predicted molar refractivity (Wildman–Crippen MR) is 57.5 cm³/mol. The third-order valence-corrected chi connectivity index (χ3v) is 3.82. The Morgan fingerprint density at radius 2 is 2.57 bits per heavy atom. The Morgan fingerprint density at radius 1 is 1.71 bits per heavy atom. The molecule has 0 aliphatic carbocycles. The molecular formula is C10H16N2OS. The van der Waals surface area contributed by atoms with Crippen LogP contribution in [0, 0.1) is 6.92 Å². The number of hydrogen-bond donors (Lipinski definition) is 1. The van der Waals surface area contributed by atoms with Gasteiger partial charge in [-0.05, 0) is 26.2 Å². The van der Waals surface area contributed by atoms with Crippen LogP contribution in [0.2, 0.25) is 0 Å². The van der Waals surface area contributed by atoms with Gasteiger partial charge in [-0.3, -0.25) is 0 Å². The van der Waals surface area contributed by atoms with Crippen LogP contribution in [0.1, 0.15) is 23.4 Å². The van der Waals surface area contributed by atoms with Gasteiger partial charge in [-0.2, -0.15) is 0 Å². The number of nitrogens with two attached hydrogens (primary N) is 1. The molecule has 1 unspecified atom stereocenters. The molecule has 0 spiro atoms. The first-order chi connectivity index (χ1) is 6.70. The maximum absolute atomic E-state index is 6.18. The van der Waals surface area contributed by atoms with Crippen molar-refractivity contribution >= 4 is 11.3 Å². The summed E-state index contributed by atoms with van der Waals surface area (Å²) in [5.41, 5.74) is 9.15. The molecule has 78 valence electrons. The molecule has 0 saturated carbocycles. The lowest BCUT2D eigenvalue weighted by Gasteiger charge is -2.20. The Hall–Kier alpha value is -0.450. The summed E-state index contributed by atoms with van der Waals surface area (Å²) in [5, 5.41) is 0. The van der Waals surface area contributed by atoms with Gasteiger partial charge >= 0.3 is 0 Å². The quantitative estimate of drug-likeness (QED) is 0.826. The minimum Gasteiger partial charge on any atom is -0.379 e. The largest absolute Gasteiger partial charge is 0.379 e. The number of rotatable bonds is 3. The number of ether oxygens (including phenoxy) is 1. The molecule has 1 aliphatic rings. The molecule has 4 heteroatoms. The summed E-state index contributed by atoms with van der Waals surface area (Å²) in [4.78, 5) is 5.59. The number of aryl methyl sites for hydroxylation is 2. The van der Waals surface area contributed by atoms with Crippen LogP contribution in [-0.4, -0.2) is 23.7 Å². The summed E-state index contributed by atoms with van der Waals surface area (Å²) >= 11 is 1.72. The van der Waals surface area contributed by atoms with Crippen molar-refractivity contribution in [3.05, 3.63) is 16.1 Å². The zero-order chi connectivity index (χ0) is 10.0. The van der Waals surface area contributed by atoms with Gasteiger partial charge in [0, 0.05) is 17.0 Å². The van der Waals surface area contributed by atoms with E-state index in [-0.39, 0.29) is 5.54 Å². The summed E-state index contributed by atoms with van der Waals surface area (Å²) < 4.78 is 5.32. The molecule has 1 atom stereocenters. The summed E-state index contributed by atoms with van der Waals surface area (Å²) in [6.07, 6.45) is 3.04. The van der Waals surface area contributed by atoms with Gasteiger partial charge in [-0.25, -0.2) is 4.98 Å². The highest BCUT2D eigenvalue weighted by atomic mass is 32.1. The van der Waals surface area contributed by atoms with Gasteiger partial charge in [0.2, 0.25) is 0 Å². The second-order valence-corrected chi connectivity index (χ2v) is 4.97. The molecule has 0 bridgehead atoms. The van der Waals surface area contributed by atoms with Crippen molar-refractivity contribution in [3.8, 4) is 0 Å². The molecular weight excluding hydrogens is 196 g/mol. The van der Waals surface area contributed by atoms with Gasteiger partial charge in [0.05, 0.1) is 17.8 Å². The normalized spacial score (nSPS) is 27.0. The van der Waals surface area contributed by atoms with Crippen molar-refractivity contribution in [3.63, 3.8) is 0 Å². The molecule has 1 aliphatic heterocycles. The SMILES string of the molecule is Cc1ncsc1CCC1(N)CCOC1. The number of hydrogen-bond acceptors (Lipinski definition) is 4. The molecule has 3 nitrogen and oxygen atoms in total. The third-order valence-electron chi connectivity index (χ3n) is 2.83. The molecule has 2 heterocycles. The molecule has 0 amide bonds. The van der Waals surface area contributed by atoms with Crippen LogP contribution in [0.4, 0.5) is 0 Å². The lowest BCUT2D eigenvalue weighted by atomic mass is 9.93. The molecule has 0 aromatic carbocycles. The molecule has 14 heavy (non-hydrogen) atoms.